The van der Waals surface area contributed by atoms with Gasteiger partial charge in [-0.1, -0.05) is 30.7 Å². The number of carbonyl (C=O) groups excluding carboxylic acids is 1. The highest BCUT2D eigenvalue weighted by Gasteiger charge is 2.26. The van der Waals surface area contributed by atoms with E-state index in [1.54, 1.807) is 17.8 Å². The first-order chi connectivity index (χ1) is 12.9. The molecule has 1 amide bonds. The van der Waals surface area contributed by atoms with Crippen LogP contribution < -0.4 is 10.6 Å². The number of allylic oxidation sites excluding steroid dienone is 1. The van der Waals surface area contributed by atoms with E-state index in [2.05, 4.69) is 22.3 Å². The number of halogens is 1. The molecule has 27 heavy (non-hydrogen) atoms. The lowest BCUT2D eigenvalue weighted by Crippen LogP contribution is -2.49. The fourth-order valence-electron chi connectivity index (χ4n) is 2.54. The monoisotopic (exact) mass is 423 g/mol. The molecular formula is C19H22ClN3O2S2. The Morgan fingerprint density at radius 2 is 2.04 bits per heavy atom. The molecule has 5 nitrogen and oxygen atoms in total. The topological polar surface area (TPSA) is 74.2 Å². The van der Waals surface area contributed by atoms with Crippen molar-refractivity contribution in [2.75, 3.05) is 12.9 Å². The highest BCUT2D eigenvalue weighted by molar-refractivity contribution is 8.03. The molecule has 1 aliphatic rings. The summed E-state index contributed by atoms with van der Waals surface area (Å²) in [5.41, 5.74) is 2.51. The first-order valence-electron chi connectivity index (χ1n) is 8.46. The maximum atomic E-state index is 11.4. The molecule has 1 aromatic rings. The molecule has 0 bridgehead atoms. The summed E-state index contributed by atoms with van der Waals surface area (Å²) in [4.78, 5) is 12.5. The SMILES string of the molecule is CCCSC1=C(Cc2ccc(Cl)cc2)C(NC(=S)NC(=O)OC)C(=N)C=C1. The normalized spacial score (nSPS) is 16.3. The number of thiocarbonyl (C=S) groups is 1. The largest absolute Gasteiger partial charge is 0.453 e. The Morgan fingerprint density at radius 1 is 1.33 bits per heavy atom. The Bertz CT molecular complexity index is 776. The summed E-state index contributed by atoms with van der Waals surface area (Å²) in [6.45, 7) is 2.13. The summed E-state index contributed by atoms with van der Waals surface area (Å²) in [5, 5.41) is 14.7. The van der Waals surface area contributed by atoms with Crippen LogP contribution >= 0.6 is 35.6 Å². The van der Waals surface area contributed by atoms with E-state index in [1.165, 1.54) is 7.11 Å². The van der Waals surface area contributed by atoms with Gasteiger partial charge in [0.2, 0.25) is 0 Å². The Balaban J connectivity index is 2.29. The maximum absolute atomic E-state index is 11.4. The summed E-state index contributed by atoms with van der Waals surface area (Å²) < 4.78 is 4.57. The number of thioether (sulfide) groups is 1. The zero-order valence-electron chi connectivity index (χ0n) is 15.2. The van der Waals surface area contributed by atoms with E-state index < -0.39 is 12.1 Å². The minimum absolute atomic E-state index is 0.125. The molecule has 3 N–H and O–H groups in total. The van der Waals surface area contributed by atoms with E-state index in [1.807, 2.05) is 30.3 Å². The van der Waals surface area contributed by atoms with Gasteiger partial charge in [-0.15, -0.1) is 11.8 Å². The van der Waals surface area contributed by atoms with E-state index in [0.29, 0.717) is 17.2 Å². The Labute approximate surface area is 174 Å². The quantitative estimate of drug-likeness (QED) is 0.588. The first-order valence-corrected chi connectivity index (χ1v) is 10.2. The Hall–Kier alpha value is -1.83. The molecule has 0 aliphatic heterocycles. The van der Waals surface area contributed by atoms with Gasteiger partial charge in [-0.2, -0.15) is 0 Å². The third kappa shape index (κ3) is 6.37. The van der Waals surface area contributed by atoms with Crippen molar-refractivity contribution in [1.82, 2.24) is 10.6 Å². The molecular weight excluding hydrogens is 402 g/mol. The summed E-state index contributed by atoms with van der Waals surface area (Å²) in [7, 11) is 1.27. The third-order valence-corrected chi connectivity index (χ3v) is 5.63. The second-order valence-electron chi connectivity index (χ2n) is 5.85. The van der Waals surface area contributed by atoms with E-state index in [9.17, 15) is 4.79 Å². The van der Waals surface area contributed by atoms with Gasteiger partial charge in [0.25, 0.3) is 0 Å². The molecule has 2 rings (SSSR count). The van der Waals surface area contributed by atoms with Crippen molar-refractivity contribution in [2.45, 2.75) is 25.8 Å². The Kier molecular flexibility index (Phi) is 8.34. The molecule has 0 aromatic heterocycles. The maximum Gasteiger partial charge on any atom is 0.413 e. The first kappa shape index (κ1) is 21.5. The molecule has 0 heterocycles. The van der Waals surface area contributed by atoms with E-state index >= 15 is 0 Å². The number of ether oxygens (including phenoxy) is 1. The lowest BCUT2D eigenvalue weighted by molar-refractivity contribution is 0.176. The molecule has 8 heteroatoms. The van der Waals surface area contributed by atoms with Crippen molar-refractivity contribution in [3.8, 4) is 0 Å². The zero-order chi connectivity index (χ0) is 19.8. The van der Waals surface area contributed by atoms with Gasteiger partial charge in [-0.05, 0) is 66.2 Å². The van der Waals surface area contributed by atoms with Crippen molar-refractivity contribution >= 4 is 52.5 Å². The molecule has 0 saturated heterocycles. The minimum Gasteiger partial charge on any atom is -0.453 e. The second kappa shape index (κ2) is 10.5. The van der Waals surface area contributed by atoms with Gasteiger partial charge < -0.3 is 15.5 Å². The lowest BCUT2D eigenvalue weighted by atomic mass is 9.91. The van der Waals surface area contributed by atoms with Gasteiger partial charge in [0.05, 0.1) is 18.9 Å². The van der Waals surface area contributed by atoms with Crippen LogP contribution in [0.25, 0.3) is 0 Å². The predicted octanol–water partition coefficient (Wildman–Crippen LogP) is 4.47. The van der Waals surface area contributed by atoms with Crippen molar-refractivity contribution in [2.24, 2.45) is 0 Å². The number of hydrogen-bond acceptors (Lipinski definition) is 5. The highest BCUT2D eigenvalue weighted by atomic mass is 35.5. The highest BCUT2D eigenvalue weighted by Crippen LogP contribution is 2.30. The number of nitrogens with one attached hydrogen (secondary N) is 3. The zero-order valence-corrected chi connectivity index (χ0v) is 17.6. The molecule has 0 spiro atoms. The molecule has 1 aromatic carbocycles. The fraction of sp³-hybridized carbons (Fsp3) is 0.316. The average Bonchev–Trinajstić information content (AvgIpc) is 2.65. The standard InChI is InChI=1S/C19H22ClN3O2S2/c1-3-10-27-16-9-8-15(21)17(22-18(26)23-19(24)25-2)14(16)11-12-4-6-13(20)7-5-12/h4-9,17,21H,3,10-11H2,1-2H3,(H2,22,23,24,26). The van der Waals surface area contributed by atoms with Crippen LogP contribution in [0.1, 0.15) is 18.9 Å². The van der Waals surface area contributed by atoms with Crippen LogP contribution in [-0.4, -0.2) is 35.8 Å². The van der Waals surface area contributed by atoms with Crippen LogP contribution in [0.15, 0.2) is 46.9 Å². The molecule has 0 radical (unpaired) electrons. The summed E-state index contributed by atoms with van der Waals surface area (Å²) >= 11 is 12.9. The summed E-state index contributed by atoms with van der Waals surface area (Å²) in [6, 6.07) is 7.23. The van der Waals surface area contributed by atoms with Crippen LogP contribution in [0.2, 0.25) is 5.02 Å². The molecule has 0 saturated carbocycles. The van der Waals surface area contributed by atoms with Crippen LogP contribution in [0.4, 0.5) is 4.79 Å². The smallest absolute Gasteiger partial charge is 0.413 e. The number of methoxy groups -OCH3 is 1. The van der Waals surface area contributed by atoms with E-state index in [4.69, 9.17) is 29.2 Å². The number of amides is 1. The fourth-order valence-corrected chi connectivity index (χ4v) is 3.83. The minimum atomic E-state index is -0.644. The average molecular weight is 424 g/mol. The second-order valence-corrected chi connectivity index (χ2v) is 7.83. The van der Waals surface area contributed by atoms with Gasteiger partial charge in [0.1, 0.15) is 0 Å². The van der Waals surface area contributed by atoms with Crippen LogP contribution in [0.3, 0.4) is 0 Å². The number of carbonyl (C=O) groups is 1. The lowest BCUT2D eigenvalue weighted by Gasteiger charge is -2.28. The van der Waals surface area contributed by atoms with Crippen molar-refractivity contribution in [3.63, 3.8) is 0 Å². The number of alkyl carbamates (subject to hydrolysis) is 1. The van der Waals surface area contributed by atoms with Gasteiger partial charge in [-0.25, -0.2) is 4.79 Å². The van der Waals surface area contributed by atoms with Crippen molar-refractivity contribution < 1.29 is 9.53 Å². The molecule has 1 unspecified atom stereocenters. The Morgan fingerprint density at radius 3 is 2.67 bits per heavy atom. The predicted molar refractivity (Wildman–Crippen MR) is 117 cm³/mol. The van der Waals surface area contributed by atoms with Crippen LogP contribution in [0.5, 0.6) is 0 Å². The van der Waals surface area contributed by atoms with Gasteiger partial charge in [-0.3, -0.25) is 5.32 Å². The van der Waals surface area contributed by atoms with Crippen LogP contribution in [-0.2, 0) is 11.2 Å². The molecule has 144 valence electrons. The van der Waals surface area contributed by atoms with Crippen molar-refractivity contribution in [3.05, 3.63) is 57.5 Å². The summed E-state index contributed by atoms with van der Waals surface area (Å²) in [5.74, 6) is 0.981. The third-order valence-electron chi connectivity index (χ3n) is 3.84. The van der Waals surface area contributed by atoms with Crippen LogP contribution in [0, 0.1) is 5.41 Å². The van der Waals surface area contributed by atoms with E-state index in [-0.39, 0.29) is 5.11 Å². The number of rotatable bonds is 6. The van der Waals surface area contributed by atoms with Gasteiger partial charge >= 0.3 is 6.09 Å². The van der Waals surface area contributed by atoms with Gasteiger partial charge in [0.15, 0.2) is 5.11 Å². The molecule has 0 fully saturated rings. The summed E-state index contributed by atoms with van der Waals surface area (Å²) in [6.07, 6.45) is 4.79. The number of hydrogen-bond donors (Lipinski definition) is 3. The number of benzene rings is 1. The molecule has 1 aliphatic carbocycles. The van der Waals surface area contributed by atoms with Crippen molar-refractivity contribution in [1.29, 1.82) is 5.41 Å². The molecule has 1 atom stereocenters. The van der Waals surface area contributed by atoms with Gasteiger partial charge in [0, 0.05) is 9.93 Å². The van der Waals surface area contributed by atoms with E-state index in [0.717, 1.165) is 28.2 Å².